The first kappa shape index (κ1) is 12.7. The number of allylic oxidation sites excluding steroid dienone is 1. The van der Waals surface area contributed by atoms with Crippen LogP contribution in [0.2, 0.25) is 0 Å². The van der Waals surface area contributed by atoms with Crippen LogP contribution in [0, 0.1) is 23.2 Å². The third-order valence-electron chi connectivity index (χ3n) is 4.76. The van der Waals surface area contributed by atoms with Crippen molar-refractivity contribution in [1.82, 2.24) is 5.32 Å². The molecule has 1 unspecified atom stereocenters. The van der Waals surface area contributed by atoms with Gasteiger partial charge in [0, 0.05) is 5.70 Å². The van der Waals surface area contributed by atoms with E-state index < -0.39 is 0 Å². The summed E-state index contributed by atoms with van der Waals surface area (Å²) in [7, 11) is 0. The molecular formula is C15H25NO. The third-order valence-corrected chi connectivity index (χ3v) is 4.76. The van der Waals surface area contributed by atoms with Crippen molar-refractivity contribution in [1.29, 1.82) is 0 Å². The van der Waals surface area contributed by atoms with E-state index in [-0.39, 0.29) is 11.3 Å². The first-order valence-electron chi connectivity index (χ1n) is 6.94. The molecule has 1 amide bonds. The quantitative estimate of drug-likeness (QED) is 0.780. The number of amides is 1. The molecule has 0 spiro atoms. The fraction of sp³-hybridized carbons (Fsp3) is 0.800. The van der Waals surface area contributed by atoms with Gasteiger partial charge in [0.1, 0.15) is 0 Å². The van der Waals surface area contributed by atoms with Crippen LogP contribution >= 0.6 is 0 Å². The van der Waals surface area contributed by atoms with Crippen molar-refractivity contribution >= 4 is 5.91 Å². The van der Waals surface area contributed by atoms with Crippen LogP contribution in [0.3, 0.4) is 0 Å². The van der Waals surface area contributed by atoms with Gasteiger partial charge in [-0.05, 0) is 42.6 Å². The second kappa shape index (κ2) is 4.15. The largest absolute Gasteiger partial charge is 0.329 e. The van der Waals surface area contributed by atoms with Gasteiger partial charge in [-0.15, -0.1) is 0 Å². The predicted octanol–water partition coefficient (Wildman–Crippen LogP) is 3.49. The molecule has 0 saturated carbocycles. The number of hydrogen-bond acceptors (Lipinski definition) is 1. The normalized spacial score (nSPS) is 27.7. The first-order chi connectivity index (χ1) is 7.90. The maximum atomic E-state index is 12.5. The average Bonchev–Trinajstić information content (AvgIpc) is 2.49. The van der Waals surface area contributed by atoms with Crippen molar-refractivity contribution in [3.8, 4) is 0 Å². The van der Waals surface area contributed by atoms with Crippen LogP contribution in [-0.2, 0) is 4.79 Å². The second-order valence-electron chi connectivity index (χ2n) is 6.44. The van der Waals surface area contributed by atoms with Gasteiger partial charge in [-0.1, -0.05) is 34.6 Å². The van der Waals surface area contributed by atoms with E-state index in [0.29, 0.717) is 17.8 Å². The minimum atomic E-state index is -0.241. The van der Waals surface area contributed by atoms with E-state index in [2.05, 4.69) is 39.9 Å². The highest BCUT2D eigenvalue weighted by atomic mass is 16.2. The Morgan fingerprint density at radius 3 is 2.35 bits per heavy atom. The van der Waals surface area contributed by atoms with Crippen molar-refractivity contribution in [2.75, 3.05) is 0 Å². The van der Waals surface area contributed by atoms with Crippen LogP contribution in [0.25, 0.3) is 0 Å². The topological polar surface area (TPSA) is 29.1 Å². The second-order valence-corrected chi connectivity index (χ2v) is 6.44. The van der Waals surface area contributed by atoms with Crippen LogP contribution in [0.4, 0.5) is 0 Å². The predicted molar refractivity (Wildman–Crippen MR) is 70.3 cm³/mol. The molecule has 1 N–H and O–H groups in total. The summed E-state index contributed by atoms with van der Waals surface area (Å²) in [6.45, 7) is 11.0. The fourth-order valence-corrected chi connectivity index (χ4v) is 3.96. The Balaban J connectivity index is 2.48. The summed E-state index contributed by atoms with van der Waals surface area (Å²) < 4.78 is 0. The molecule has 1 atom stereocenters. The standard InChI is InChI=1S/C15H25NO/c1-9(2)15(10(3)4)12-7-6-11(5)8-13(12)16-14(15)17/h9-11H,6-8H2,1-5H3,(H,16,17). The molecule has 1 heterocycles. The summed E-state index contributed by atoms with van der Waals surface area (Å²) in [5, 5.41) is 3.18. The molecule has 0 bridgehead atoms. The van der Waals surface area contributed by atoms with Crippen LogP contribution in [-0.4, -0.2) is 5.91 Å². The molecule has 0 fully saturated rings. The van der Waals surface area contributed by atoms with E-state index in [1.165, 1.54) is 17.7 Å². The minimum Gasteiger partial charge on any atom is -0.329 e. The van der Waals surface area contributed by atoms with E-state index in [4.69, 9.17) is 0 Å². The molecule has 0 radical (unpaired) electrons. The number of nitrogens with one attached hydrogen (secondary N) is 1. The van der Waals surface area contributed by atoms with Crippen molar-refractivity contribution in [3.63, 3.8) is 0 Å². The molecule has 1 aliphatic heterocycles. The summed E-state index contributed by atoms with van der Waals surface area (Å²) in [5.41, 5.74) is 2.43. The molecule has 2 nitrogen and oxygen atoms in total. The van der Waals surface area contributed by atoms with Crippen molar-refractivity contribution < 1.29 is 4.79 Å². The number of rotatable bonds is 2. The van der Waals surface area contributed by atoms with Gasteiger partial charge < -0.3 is 5.32 Å². The molecule has 2 aliphatic rings. The summed E-state index contributed by atoms with van der Waals surface area (Å²) >= 11 is 0. The van der Waals surface area contributed by atoms with E-state index >= 15 is 0 Å². The minimum absolute atomic E-state index is 0.241. The van der Waals surface area contributed by atoms with Crippen LogP contribution in [0.5, 0.6) is 0 Å². The van der Waals surface area contributed by atoms with Gasteiger partial charge in [-0.2, -0.15) is 0 Å². The Hall–Kier alpha value is -0.790. The van der Waals surface area contributed by atoms with Crippen molar-refractivity contribution in [2.45, 2.75) is 53.9 Å². The van der Waals surface area contributed by atoms with Gasteiger partial charge in [0.05, 0.1) is 5.41 Å². The molecule has 0 aromatic rings. The molecule has 1 aliphatic carbocycles. The summed E-state index contributed by atoms with van der Waals surface area (Å²) in [6, 6.07) is 0. The Labute approximate surface area is 105 Å². The zero-order chi connectivity index (χ0) is 12.8. The van der Waals surface area contributed by atoms with Crippen LogP contribution in [0.15, 0.2) is 11.3 Å². The molecule has 0 aromatic heterocycles. The molecule has 17 heavy (non-hydrogen) atoms. The molecule has 2 rings (SSSR count). The van der Waals surface area contributed by atoms with E-state index in [1.54, 1.807) is 0 Å². The van der Waals surface area contributed by atoms with Crippen LogP contribution < -0.4 is 5.32 Å². The monoisotopic (exact) mass is 235 g/mol. The molecule has 0 aromatic carbocycles. The third kappa shape index (κ3) is 1.64. The maximum Gasteiger partial charge on any atom is 0.235 e. The zero-order valence-electron chi connectivity index (χ0n) is 11.8. The highest BCUT2D eigenvalue weighted by Gasteiger charge is 2.53. The number of hydrogen-bond donors (Lipinski definition) is 1. The lowest BCUT2D eigenvalue weighted by atomic mass is 9.62. The summed E-state index contributed by atoms with van der Waals surface area (Å²) in [6.07, 6.45) is 3.39. The SMILES string of the molecule is CC1CCC2=C(C1)NC(=O)C2(C(C)C)C(C)C. The van der Waals surface area contributed by atoms with Crippen molar-refractivity contribution in [3.05, 3.63) is 11.3 Å². The van der Waals surface area contributed by atoms with Gasteiger partial charge >= 0.3 is 0 Å². The van der Waals surface area contributed by atoms with E-state index in [9.17, 15) is 4.79 Å². The van der Waals surface area contributed by atoms with Gasteiger partial charge in [0.2, 0.25) is 5.91 Å². The highest BCUT2D eigenvalue weighted by Crippen LogP contribution is 2.52. The molecule has 0 saturated heterocycles. The van der Waals surface area contributed by atoms with Gasteiger partial charge in [0.15, 0.2) is 0 Å². The number of carbonyl (C=O) groups is 1. The lowest BCUT2D eigenvalue weighted by Crippen LogP contribution is -2.43. The summed E-state index contributed by atoms with van der Waals surface area (Å²) in [4.78, 5) is 12.5. The molecule has 96 valence electrons. The average molecular weight is 235 g/mol. The Morgan fingerprint density at radius 1 is 1.24 bits per heavy atom. The smallest absolute Gasteiger partial charge is 0.235 e. The zero-order valence-corrected chi connectivity index (χ0v) is 11.8. The Kier molecular flexibility index (Phi) is 3.09. The van der Waals surface area contributed by atoms with E-state index in [0.717, 1.165) is 12.8 Å². The maximum absolute atomic E-state index is 12.5. The van der Waals surface area contributed by atoms with Gasteiger partial charge in [0.25, 0.3) is 0 Å². The van der Waals surface area contributed by atoms with Gasteiger partial charge in [-0.3, -0.25) is 4.79 Å². The molecular weight excluding hydrogens is 210 g/mol. The van der Waals surface area contributed by atoms with Gasteiger partial charge in [-0.25, -0.2) is 0 Å². The van der Waals surface area contributed by atoms with Crippen molar-refractivity contribution in [2.24, 2.45) is 23.2 Å². The number of carbonyl (C=O) groups excluding carboxylic acids is 1. The lowest BCUT2D eigenvalue weighted by molar-refractivity contribution is -0.131. The van der Waals surface area contributed by atoms with E-state index in [1.807, 2.05) is 0 Å². The highest BCUT2D eigenvalue weighted by molar-refractivity contribution is 5.91. The first-order valence-corrected chi connectivity index (χ1v) is 6.94. The Bertz CT molecular complexity index is 357. The molecule has 2 heteroatoms. The summed E-state index contributed by atoms with van der Waals surface area (Å²) in [5.74, 6) is 1.72. The Morgan fingerprint density at radius 2 is 1.82 bits per heavy atom. The lowest BCUT2D eigenvalue weighted by Gasteiger charge is -2.39. The fourth-order valence-electron chi connectivity index (χ4n) is 3.96. The van der Waals surface area contributed by atoms with Crippen LogP contribution in [0.1, 0.15) is 53.9 Å².